The first kappa shape index (κ1) is 13.7. The van der Waals surface area contributed by atoms with Gasteiger partial charge >= 0.3 is 0 Å². The lowest BCUT2D eigenvalue weighted by Gasteiger charge is -2.20. The van der Waals surface area contributed by atoms with E-state index in [-0.39, 0.29) is 0 Å². The summed E-state index contributed by atoms with van der Waals surface area (Å²) in [6.07, 6.45) is 1.06. The van der Waals surface area contributed by atoms with Gasteiger partial charge in [0.05, 0.1) is 12.3 Å². The van der Waals surface area contributed by atoms with Crippen molar-refractivity contribution in [3.8, 4) is 5.75 Å². The highest BCUT2D eigenvalue weighted by molar-refractivity contribution is 7.09. The summed E-state index contributed by atoms with van der Waals surface area (Å²) in [5, 5.41) is 2.12. The topological polar surface area (TPSA) is 38.5 Å². The molecular formula is C15H20N2OS. The molecule has 1 heterocycles. The van der Waals surface area contributed by atoms with E-state index in [4.69, 9.17) is 10.5 Å². The minimum absolute atomic E-state index is 0.632. The van der Waals surface area contributed by atoms with Crippen molar-refractivity contribution < 1.29 is 4.74 Å². The summed E-state index contributed by atoms with van der Waals surface area (Å²) in [4.78, 5) is 3.63. The van der Waals surface area contributed by atoms with Crippen molar-refractivity contribution in [1.29, 1.82) is 0 Å². The van der Waals surface area contributed by atoms with Gasteiger partial charge in [0.15, 0.2) is 0 Å². The number of hydrogen-bond donors (Lipinski definition) is 1. The number of nitrogen functional groups attached to an aromatic ring is 1. The van der Waals surface area contributed by atoms with Gasteiger partial charge in [0.2, 0.25) is 0 Å². The highest BCUT2D eigenvalue weighted by Crippen LogP contribution is 2.27. The molecule has 0 atom stereocenters. The van der Waals surface area contributed by atoms with E-state index < -0.39 is 0 Å². The summed E-state index contributed by atoms with van der Waals surface area (Å²) < 4.78 is 5.53. The summed E-state index contributed by atoms with van der Waals surface area (Å²) in [6.45, 7) is 3.58. The van der Waals surface area contributed by atoms with E-state index in [2.05, 4.69) is 29.5 Å². The van der Waals surface area contributed by atoms with Crippen LogP contribution in [0.25, 0.3) is 0 Å². The predicted molar refractivity (Wildman–Crippen MR) is 83.3 cm³/mol. The number of ether oxygens (including phenoxy) is 1. The second kappa shape index (κ2) is 6.48. The zero-order valence-electron chi connectivity index (χ0n) is 11.4. The number of thiophene rings is 1. The molecule has 0 saturated carbocycles. The number of nitrogens with zero attached hydrogens (tertiary/aromatic N) is 1. The zero-order valence-corrected chi connectivity index (χ0v) is 12.2. The van der Waals surface area contributed by atoms with Crippen molar-refractivity contribution in [2.24, 2.45) is 0 Å². The molecule has 0 aliphatic carbocycles. The van der Waals surface area contributed by atoms with Crippen molar-refractivity contribution in [3.63, 3.8) is 0 Å². The summed E-state index contributed by atoms with van der Waals surface area (Å²) in [7, 11) is 2.09. The van der Waals surface area contributed by atoms with E-state index in [1.54, 1.807) is 11.3 Å². The van der Waals surface area contributed by atoms with Crippen molar-refractivity contribution in [2.45, 2.75) is 13.3 Å². The number of anilines is 2. The maximum atomic E-state index is 5.88. The van der Waals surface area contributed by atoms with E-state index in [1.165, 1.54) is 4.88 Å². The molecule has 2 aromatic rings. The molecule has 0 aliphatic heterocycles. The van der Waals surface area contributed by atoms with Crippen molar-refractivity contribution in [3.05, 3.63) is 40.6 Å². The molecule has 19 heavy (non-hydrogen) atoms. The average molecular weight is 276 g/mol. The van der Waals surface area contributed by atoms with Crippen LogP contribution < -0.4 is 15.4 Å². The minimum atomic E-state index is 0.632. The lowest BCUT2D eigenvalue weighted by Crippen LogP contribution is -2.20. The van der Waals surface area contributed by atoms with Crippen LogP contribution in [0, 0.1) is 0 Å². The van der Waals surface area contributed by atoms with Crippen molar-refractivity contribution in [1.82, 2.24) is 0 Å². The molecule has 2 rings (SSSR count). The fraction of sp³-hybridized carbons (Fsp3) is 0.333. The Labute approximate surface area is 118 Å². The fourth-order valence-electron chi connectivity index (χ4n) is 1.90. The van der Waals surface area contributed by atoms with Gasteiger partial charge in [0.25, 0.3) is 0 Å². The van der Waals surface area contributed by atoms with E-state index >= 15 is 0 Å². The number of likely N-dealkylation sites (N-methyl/N-ethyl adjacent to an activating group) is 1. The van der Waals surface area contributed by atoms with Crippen LogP contribution in [0.2, 0.25) is 0 Å². The molecule has 0 aliphatic rings. The highest BCUT2D eigenvalue weighted by atomic mass is 32.1. The Bertz CT molecular complexity index is 511. The lowest BCUT2D eigenvalue weighted by molar-refractivity contribution is 0.342. The second-order valence-electron chi connectivity index (χ2n) is 4.41. The van der Waals surface area contributed by atoms with Gasteiger partial charge in [-0.3, -0.25) is 0 Å². The van der Waals surface area contributed by atoms with Gasteiger partial charge in [-0.15, -0.1) is 11.3 Å². The third kappa shape index (κ3) is 3.64. The quantitative estimate of drug-likeness (QED) is 0.822. The molecule has 102 valence electrons. The summed E-state index contributed by atoms with van der Waals surface area (Å²) in [5.74, 6) is 0.767. The Balaban J connectivity index is 2.02. The normalized spacial score (nSPS) is 10.4. The maximum Gasteiger partial charge on any atom is 0.144 e. The van der Waals surface area contributed by atoms with E-state index in [1.807, 2.05) is 25.1 Å². The van der Waals surface area contributed by atoms with E-state index in [0.717, 1.165) is 24.4 Å². The second-order valence-corrected chi connectivity index (χ2v) is 5.44. The molecule has 0 saturated heterocycles. The number of benzene rings is 1. The first-order valence-corrected chi connectivity index (χ1v) is 7.34. The van der Waals surface area contributed by atoms with Gasteiger partial charge in [-0.05, 0) is 36.9 Å². The number of hydrogen-bond acceptors (Lipinski definition) is 4. The van der Waals surface area contributed by atoms with Crippen LogP contribution in [0.1, 0.15) is 11.8 Å². The fourth-order valence-corrected chi connectivity index (χ4v) is 2.60. The molecule has 4 heteroatoms. The van der Waals surface area contributed by atoms with E-state index in [0.29, 0.717) is 12.3 Å². The maximum absolute atomic E-state index is 5.88. The molecule has 1 aromatic carbocycles. The third-order valence-electron chi connectivity index (χ3n) is 3.01. The van der Waals surface area contributed by atoms with Gasteiger partial charge in [-0.25, -0.2) is 0 Å². The molecule has 2 N–H and O–H groups in total. The molecule has 1 aromatic heterocycles. The van der Waals surface area contributed by atoms with E-state index in [9.17, 15) is 0 Å². The molecular weight excluding hydrogens is 256 g/mol. The first-order chi connectivity index (χ1) is 9.20. The largest absolute Gasteiger partial charge is 0.492 e. The highest BCUT2D eigenvalue weighted by Gasteiger charge is 2.06. The van der Waals surface area contributed by atoms with Gasteiger partial charge in [0, 0.05) is 30.2 Å². The molecule has 0 bridgehead atoms. The Hall–Kier alpha value is -1.68. The monoisotopic (exact) mass is 276 g/mol. The zero-order chi connectivity index (χ0) is 13.7. The van der Waals surface area contributed by atoms with Gasteiger partial charge in [-0.1, -0.05) is 6.07 Å². The smallest absolute Gasteiger partial charge is 0.144 e. The standard InChI is InChI=1S/C15H20N2OS/c1-3-18-15-11-12(6-7-14(15)16)17(2)9-8-13-5-4-10-19-13/h4-7,10-11H,3,8-9,16H2,1-2H3. The summed E-state index contributed by atoms with van der Waals surface area (Å²) in [5.41, 5.74) is 7.71. The molecule has 0 unspecified atom stereocenters. The molecule has 0 amide bonds. The number of rotatable bonds is 6. The number of nitrogens with two attached hydrogens (primary N) is 1. The summed E-state index contributed by atoms with van der Waals surface area (Å²) in [6, 6.07) is 10.2. The third-order valence-corrected chi connectivity index (χ3v) is 3.95. The van der Waals surface area contributed by atoms with Crippen molar-refractivity contribution >= 4 is 22.7 Å². The van der Waals surface area contributed by atoms with Crippen LogP contribution in [0.15, 0.2) is 35.7 Å². The Kier molecular flexibility index (Phi) is 4.68. The van der Waals surface area contributed by atoms with Gasteiger partial charge in [0.1, 0.15) is 5.75 Å². The minimum Gasteiger partial charge on any atom is -0.492 e. The van der Waals surface area contributed by atoms with Crippen LogP contribution >= 0.6 is 11.3 Å². The van der Waals surface area contributed by atoms with Crippen LogP contribution in [-0.2, 0) is 6.42 Å². The van der Waals surface area contributed by atoms with Crippen LogP contribution in [0.3, 0.4) is 0 Å². The van der Waals surface area contributed by atoms with Crippen molar-refractivity contribution in [2.75, 3.05) is 30.8 Å². The summed E-state index contributed by atoms with van der Waals surface area (Å²) >= 11 is 1.80. The average Bonchev–Trinajstić information content (AvgIpc) is 2.92. The molecule has 0 spiro atoms. The molecule has 3 nitrogen and oxygen atoms in total. The van der Waals surface area contributed by atoms with Gasteiger partial charge in [-0.2, -0.15) is 0 Å². The molecule has 0 fully saturated rings. The SMILES string of the molecule is CCOc1cc(N(C)CCc2cccs2)ccc1N. The lowest BCUT2D eigenvalue weighted by atomic mass is 10.2. The Morgan fingerprint density at radius 2 is 2.16 bits per heavy atom. The molecule has 0 radical (unpaired) electrons. The Morgan fingerprint density at radius 1 is 1.32 bits per heavy atom. The van der Waals surface area contributed by atoms with Crippen LogP contribution in [0.4, 0.5) is 11.4 Å². The first-order valence-electron chi connectivity index (χ1n) is 6.46. The predicted octanol–water partition coefficient (Wildman–Crippen LogP) is 3.41. The van der Waals surface area contributed by atoms with Crippen LogP contribution in [0.5, 0.6) is 5.75 Å². The van der Waals surface area contributed by atoms with Gasteiger partial charge < -0.3 is 15.4 Å². The Morgan fingerprint density at radius 3 is 2.84 bits per heavy atom. The van der Waals surface area contributed by atoms with Crippen LogP contribution in [-0.4, -0.2) is 20.2 Å².